The summed E-state index contributed by atoms with van der Waals surface area (Å²) >= 11 is -2.50. The van der Waals surface area contributed by atoms with E-state index in [1.807, 2.05) is 12.1 Å². The molecule has 1 heterocycles. The SMILES string of the molecule is CC(C)(C)OC(=O)N(C(=O)OC(C)(C)C)c1nc2c[c]([Sn]([CH3])([CH3])[CH3])ccc2n1C(=O)OC(C)(C)C. The topological polar surface area (TPSA) is 100.0 Å². The van der Waals surface area contributed by atoms with Gasteiger partial charge in [0.15, 0.2) is 0 Å². The molecule has 0 aliphatic rings. The molecule has 35 heavy (non-hydrogen) atoms. The molecule has 1 aromatic heterocycles. The van der Waals surface area contributed by atoms with Crippen molar-refractivity contribution in [3.05, 3.63) is 18.2 Å². The van der Waals surface area contributed by atoms with Crippen LogP contribution in [0.2, 0.25) is 14.8 Å². The zero-order chi connectivity index (χ0) is 27.1. The fraction of sp³-hybridized carbons (Fsp3) is 0.600. The second-order valence-electron chi connectivity index (χ2n) is 12.5. The van der Waals surface area contributed by atoms with Gasteiger partial charge in [-0.2, -0.15) is 0 Å². The predicted octanol–water partition coefficient (Wildman–Crippen LogP) is 6.04. The maximum absolute atomic E-state index is 13.3. The Balaban J connectivity index is 2.83. The quantitative estimate of drug-likeness (QED) is 0.308. The molecular weight excluding hydrogens is 557 g/mol. The molecule has 0 fully saturated rings. The van der Waals surface area contributed by atoms with Crippen LogP contribution in [0, 0.1) is 0 Å². The van der Waals surface area contributed by atoms with E-state index in [9.17, 15) is 14.4 Å². The monoisotopic (exact) mass is 597 g/mol. The third-order valence-corrected chi connectivity index (χ3v) is 10.3. The number of fused-ring (bicyclic) bond motifs is 1. The van der Waals surface area contributed by atoms with E-state index in [1.54, 1.807) is 68.4 Å². The van der Waals surface area contributed by atoms with Crippen LogP contribution in [-0.4, -0.2) is 63.0 Å². The van der Waals surface area contributed by atoms with Crippen molar-refractivity contribution < 1.29 is 28.6 Å². The summed E-state index contributed by atoms with van der Waals surface area (Å²) in [6.45, 7) is 15.3. The van der Waals surface area contributed by atoms with Crippen molar-refractivity contribution in [3.63, 3.8) is 0 Å². The van der Waals surface area contributed by atoms with Crippen molar-refractivity contribution in [1.29, 1.82) is 0 Å². The van der Waals surface area contributed by atoms with Crippen LogP contribution in [0.1, 0.15) is 62.3 Å². The van der Waals surface area contributed by atoms with Gasteiger partial charge in [0.05, 0.1) is 0 Å². The Hall–Kier alpha value is -2.30. The second kappa shape index (κ2) is 9.63. The molecule has 0 aliphatic heterocycles. The molecule has 0 saturated heterocycles. The summed E-state index contributed by atoms with van der Waals surface area (Å²) in [5.74, 6) is -0.251. The molecule has 0 unspecified atom stereocenters. The standard InChI is InChI=1S/C22H30N3O6.3CH3.Sn/c1-20(2,3)29-17(26)24-15-13-11-10-12-14(15)23-16(24)25(18(27)30-21(4,5)6)19(28)31-22(7,8)9;;;;/h11-13H,1-9H3;3*1H3;. The Labute approximate surface area is 212 Å². The van der Waals surface area contributed by atoms with E-state index in [2.05, 4.69) is 19.8 Å². The first kappa shape index (κ1) is 28.9. The van der Waals surface area contributed by atoms with E-state index in [0.717, 1.165) is 4.57 Å². The van der Waals surface area contributed by atoms with E-state index in [1.165, 1.54) is 3.58 Å². The minimum absolute atomic E-state index is 0.251. The number of nitrogens with zero attached hydrogens (tertiary/aromatic N) is 3. The van der Waals surface area contributed by atoms with Crippen LogP contribution in [0.3, 0.4) is 0 Å². The predicted molar refractivity (Wildman–Crippen MR) is 139 cm³/mol. The van der Waals surface area contributed by atoms with Crippen LogP contribution in [0.5, 0.6) is 0 Å². The van der Waals surface area contributed by atoms with Crippen molar-refractivity contribution in [1.82, 2.24) is 9.55 Å². The fourth-order valence-corrected chi connectivity index (χ4v) is 6.32. The number of rotatable bonds is 2. The number of amides is 2. The van der Waals surface area contributed by atoms with Crippen LogP contribution in [-0.2, 0) is 14.2 Å². The van der Waals surface area contributed by atoms with E-state index in [4.69, 9.17) is 14.2 Å². The Bertz CT molecular complexity index is 1100. The first-order chi connectivity index (χ1) is 15.6. The van der Waals surface area contributed by atoms with E-state index in [0.29, 0.717) is 15.9 Å². The normalized spacial score (nSPS) is 12.9. The number of anilines is 1. The zero-order valence-corrected chi connectivity index (χ0v) is 25.9. The Morgan fingerprint density at radius 2 is 1.26 bits per heavy atom. The molecule has 0 radical (unpaired) electrons. The zero-order valence-electron chi connectivity index (χ0n) is 23.0. The van der Waals surface area contributed by atoms with Crippen molar-refractivity contribution in [2.45, 2.75) is 93.9 Å². The van der Waals surface area contributed by atoms with Crippen LogP contribution >= 0.6 is 0 Å². The molecule has 2 rings (SSSR count). The third kappa shape index (κ3) is 7.84. The van der Waals surface area contributed by atoms with Gasteiger partial charge in [-0.15, -0.1) is 0 Å². The molecule has 0 atom stereocenters. The molecule has 194 valence electrons. The summed E-state index contributed by atoms with van der Waals surface area (Å²) in [6, 6.07) is 5.66. The maximum atomic E-state index is 13.3. The van der Waals surface area contributed by atoms with E-state index in [-0.39, 0.29) is 5.95 Å². The summed E-state index contributed by atoms with van der Waals surface area (Å²) in [6.07, 6.45) is -2.80. The summed E-state index contributed by atoms with van der Waals surface area (Å²) in [5.41, 5.74) is -1.77. The molecule has 0 N–H and O–H groups in total. The molecule has 1 aromatic carbocycles. The molecule has 2 aromatic rings. The van der Waals surface area contributed by atoms with Gasteiger partial charge in [-0.1, -0.05) is 0 Å². The summed E-state index contributed by atoms with van der Waals surface area (Å²) < 4.78 is 18.9. The number of carbonyl (C=O) groups is 3. The van der Waals surface area contributed by atoms with Crippen LogP contribution in [0.4, 0.5) is 20.3 Å². The number of benzene rings is 1. The Kier molecular flexibility index (Phi) is 7.96. The molecule has 10 heteroatoms. The van der Waals surface area contributed by atoms with Gasteiger partial charge in [-0.25, -0.2) is 0 Å². The van der Waals surface area contributed by atoms with Gasteiger partial charge in [-0.3, -0.25) is 0 Å². The van der Waals surface area contributed by atoms with Gasteiger partial charge in [-0.05, 0) is 0 Å². The Morgan fingerprint density at radius 3 is 1.66 bits per heavy atom. The molecule has 2 amide bonds. The summed E-state index contributed by atoms with van der Waals surface area (Å²) in [7, 11) is 0. The second-order valence-corrected chi connectivity index (χ2v) is 27.0. The minimum atomic E-state index is -2.50. The van der Waals surface area contributed by atoms with Crippen LogP contribution < -0.4 is 8.48 Å². The molecule has 0 bridgehead atoms. The first-order valence-corrected chi connectivity index (χ1v) is 21.6. The number of carbonyl (C=O) groups excluding carboxylic acids is 3. The number of hydrogen-bond donors (Lipinski definition) is 0. The van der Waals surface area contributed by atoms with Gasteiger partial charge in [0.2, 0.25) is 0 Å². The van der Waals surface area contributed by atoms with Crippen molar-refractivity contribution in [3.8, 4) is 0 Å². The average molecular weight is 596 g/mol. The molecule has 9 nitrogen and oxygen atoms in total. The van der Waals surface area contributed by atoms with Crippen molar-refractivity contribution in [2.75, 3.05) is 4.90 Å². The average Bonchev–Trinajstić information content (AvgIpc) is 2.94. The van der Waals surface area contributed by atoms with Crippen molar-refractivity contribution >= 4 is 57.2 Å². The van der Waals surface area contributed by atoms with Gasteiger partial charge in [0.1, 0.15) is 0 Å². The van der Waals surface area contributed by atoms with Crippen LogP contribution in [0.15, 0.2) is 18.2 Å². The molecule has 0 saturated carbocycles. The van der Waals surface area contributed by atoms with Gasteiger partial charge in [0, 0.05) is 0 Å². The van der Waals surface area contributed by atoms with Crippen molar-refractivity contribution in [2.24, 2.45) is 0 Å². The first-order valence-electron chi connectivity index (χ1n) is 11.6. The number of imide groups is 1. The molecular formula is C25H39N3O6Sn. The van der Waals surface area contributed by atoms with Gasteiger partial charge < -0.3 is 0 Å². The third-order valence-electron chi connectivity index (χ3n) is 4.43. The van der Waals surface area contributed by atoms with E-state index < -0.39 is 53.5 Å². The van der Waals surface area contributed by atoms with Crippen LogP contribution in [0.25, 0.3) is 11.0 Å². The van der Waals surface area contributed by atoms with Gasteiger partial charge >= 0.3 is 212 Å². The number of imidazole rings is 1. The van der Waals surface area contributed by atoms with E-state index >= 15 is 0 Å². The summed E-state index contributed by atoms with van der Waals surface area (Å²) in [4.78, 5) is 51.8. The molecule has 0 spiro atoms. The Morgan fingerprint density at radius 1 is 0.800 bits per heavy atom. The number of hydrogen-bond acceptors (Lipinski definition) is 7. The fourth-order valence-electron chi connectivity index (χ4n) is 3.02. The number of aromatic nitrogens is 2. The summed E-state index contributed by atoms with van der Waals surface area (Å²) in [5, 5.41) is 0. The molecule has 0 aliphatic carbocycles. The van der Waals surface area contributed by atoms with Gasteiger partial charge in [0.25, 0.3) is 0 Å². The number of ether oxygens (including phenoxy) is 3.